The lowest BCUT2D eigenvalue weighted by Crippen LogP contribution is -2.38. The summed E-state index contributed by atoms with van der Waals surface area (Å²) in [5.74, 6) is 0.362. The van der Waals surface area contributed by atoms with Crippen LogP contribution in [0.25, 0.3) is 0 Å². The van der Waals surface area contributed by atoms with Gasteiger partial charge in [0.05, 0.1) is 0 Å². The smallest absolute Gasteiger partial charge is 0.315 e. The summed E-state index contributed by atoms with van der Waals surface area (Å²) in [5.41, 5.74) is 4.06. The summed E-state index contributed by atoms with van der Waals surface area (Å²) in [6.45, 7) is 3.50. The van der Waals surface area contributed by atoms with E-state index in [1.165, 1.54) is 24.0 Å². The molecule has 4 nitrogen and oxygen atoms in total. The predicted molar refractivity (Wildman–Crippen MR) is 88.8 cm³/mol. The second-order valence-electron chi connectivity index (χ2n) is 6.19. The molecule has 1 atom stereocenters. The van der Waals surface area contributed by atoms with Crippen LogP contribution in [0.2, 0.25) is 0 Å². The highest BCUT2D eigenvalue weighted by atomic mass is 16.3. The van der Waals surface area contributed by atoms with Gasteiger partial charge in [0, 0.05) is 19.7 Å². The van der Waals surface area contributed by atoms with Gasteiger partial charge in [0.2, 0.25) is 0 Å². The van der Waals surface area contributed by atoms with E-state index >= 15 is 0 Å². The lowest BCUT2D eigenvalue weighted by Gasteiger charge is -2.16. The predicted octanol–water partition coefficient (Wildman–Crippen LogP) is 2.77. The number of carbonyl (C=O) groups is 1. The molecule has 1 aromatic carbocycles. The van der Waals surface area contributed by atoms with Gasteiger partial charge in [-0.25, -0.2) is 4.79 Å². The van der Waals surface area contributed by atoms with E-state index in [0.717, 1.165) is 31.2 Å². The molecule has 0 fully saturated rings. The summed E-state index contributed by atoms with van der Waals surface area (Å²) in [4.78, 5) is 11.9. The Morgan fingerprint density at radius 2 is 2.05 bits per heavy atom. The number of hydrogen-bond acceptors (Lipinski definition) is 2. The molecule has 4 heteroatoms. The summed E-state index contributed by atoms with van der Waals surface area (Å²) in [7, 11) is 0. The van der Waals surface area contributed by atoms with Crippen LogP contribution in [0.15, 0.2) is 18.2 Å². The first-order valence-corrected chi connectivity index (χ1v) is 8.46. The molecular weight excluding hydrogens is 276 g/mol. The average molecular weight is 304 g/mol. The Hall–Kier alpha value is -1.55. The van der Waals surface area contributed by atoms with Crippen molar-refractivity contribution in [1.29, 1.82) is 0 Å². The van der Waals surface area contributed by atoms with Crippen LogP contribution < -0.4 is 10.6 Å². The number of nitrogens with one attached hydrogen (secondary N) is 2. The van der Waals surface area contributed by atoms with Gasteiger partial charge in [-0.15, -0.1) is 0 Å². The molecule has 2 rings (SSSR count). The normalized spacial score (nSPS) is 14.5. The van der Waals surface area contributed by atoms with Crippen LogP contribution in [0, 0.1) is 5.92 Å². The van der Waals surface area contributed by atoms with Crippen LogP contribution in [0.4, 0.5) is 4.79 Å². The lowest BCUT2D eigenvalue weighted by molar-refractivity contribution is 0.229. The molecule has 1 aromatic rings. The number of aliphatic hydroxyl groups excluding tert-OH is 1. The van der Waals surface area contributed by atoms with E-state index in [-0.39, 0.29) is 12.6 Å². The number of amides is 2. The molecule has 0 saturated heterocycles. The zero-order valence-corrected chi connectivity index (χ0v) is 13.5. The van der Waals surface area contributed by atoms with Crippen LogP contribution >= 0.6 is 0 Å². The minimum Gasteiger partial charge on any atom is -0.396 e. The zero-order valence-electron chi connectivity index (χ0n) is 13.5. The third kappa shape index (κ3) is 5.02. The van der Waals surface area contributed by atoms with Gasteiger partial charge < -0.3 is 15.7 Å². The molecule has 2 amide bonds. The standard InChI is InChI=1S/C18H28N2O2/c1-2-4-14(9-10-21)12-19-18(22)20-13-15-7-8-16-5-3-6-17(16)11-15/h7-8,11,14,21H,2-6,9-10,12-13H2,1H3,(H2,19,20,22). The van der Waals surface area contributed by atoms with Crippen molar-refractivity contribution in [3.05, 3.63) is 34.9 Å². The number of rotatable bonds is 8. The summed E-state index contributed by atoms with van der Waals surface area (Å²) in [6, 6.07) is 6.39. The van der Waals surface area contributed by atoms with Crippen LogP contribution in [0.3, 0.4) is 0 Å². The largest absolute Gasteiger partial charge is 0.396 e. The Balaban J connectivity index is 1.73. The molecule has 0 spiro atoms. The Morgan fingerprint density at radius 1 is 1.23 bits per heavy atom. The highest BCUT2D eigenvalue weighted by molar-refractivity contribution is 5.73. The van der Waals surface area contributed by atoms with Gasteiger partial charge in [-0.2, -0.15) is 0 Å². The third-order valence-corrected chi connectivity index (χ3v) is 4.40. The monoisotopic (exact) mass is 304 g/mol. The first-order chi connectivity index (χ1) is 10.7. The minimum absolute atomic E-state index is 0.125. The third-order valence-electron chi connectivity index (χ3n) is 4.40. The molecule has 122 valence electrons. The van der Waals surface area contributed by atoms with Gasteiger partial charge in [-0.1, -0.05) is 31.5 Å². The molecule has 1 aliphatic carbocycles. The number of aryl methyl sites for hydroxylation is 2. The molecule has 1 unspecified atom stereocenters. The van der Waals surface area contributed by atoms with Crippen LogP contribution in [0.5, 0.6) is 0 Å². The van der Waals surface area contributed by atoms with E-state index in [2.05, 4.69) is 35.8 Å². The number of hydrogen-bond donors (Lipinski definition) is 3. The maximum atomic E-state index is 11.9. The van der Waals surface area contributed by atoms with Gasteiger partial charge in [0.25, 0.3) is 0 Å². The first-order valence-electron chi connectivity index (χ1n) is 8.46. The fraction of sp³-hybridized carbons (Fsp3) is 0.611. The number of carbonyl (C=O) groups excluding carboxylic acids is 1. The van der Waals surface area contributed by atoms with Gasteiger partial charge in [-0.05, 0) is 54.7 Å². The Bertz CT molecular complexity index is 482. The van der Waals surface area contributed by atoms with Crippen molar-refractivity contribution in [1.82, 2.24) is 10.6 Å². The van der Waals surface area contributed by atoms with E-state index in [1.807, 2.05) is 0 Å². The molecular formula is C18H28N2O2. The second-order valence-corrected chi connectivity index (χ2v) is 6.19. The number of fused-ring (bicyclic) bond motifs is 1. The summed E-state index contributed by atoms with van der Waals surface area (Å²) in [6.07, 6.45) is 6.45. The van der Waals surface area contributed by atoms with E-state index in [0.29, 0.717) is 19.0 Å². The van der Waals surface area contributed by atoms with Crippen molar-refractivity contribution in [2.24, 2.45) is 5.92 Å². The van der Waals surface area contributed by atoms with Crippen molar-refractivity contribution in [3.8, 4) is 0 Å². The SMILES string of the molecule is CCCC(CCO)CNC(=O)NCc1ccc2c(c1)CCC2. The Morgan fingerprint density at radius 3 is 2.82 bits per heavy atom. The van der Waals surface area contributed by atoms with Crippen molar-refractivity contribution in [3.63, 3.8) is 0 Å². The summed E-state index contributed by atoms with van der Waals surface area (Å²) < 4.78 is 0. The van der Waals surface area contributed by atoms with Gasteiger partial charge in [-0.3, -0.25) is 0 Å². The van der Waals surface area contributed by atoms with Crippen LogP contribution in [-0.2, 0) is 19.4 Å². The maximum Gasteiger partial charge on any atom is 0.315 e. The Kier molecular flexibility index (Phi) is 6.72. The molecule has 3 N–H and O–H groups in total. The van der Waals surface area contributed by atoms with Gasteiger partial charge in [0.15, 0.2) is 0 Å². The maximum absolute atomic E-state index is 11.9. The second kappa shape index (κ2) is 8.79. The van der Waals surface area contributed by atoms with E-state index < -0.39 is 0 Å². The van der Waals surface area contributed by atoms with Crippen molar-refractivity contribution in [2.75, 3.05) is 13.2 Å². The van der Waals surface area contributed by atoms with Gasteiger partial charge in [0.1, 0.15) is 0 Å². The molecule has 0 aromatic heterocycles. The fourth-order valence-corrected chi connectivity index (χ4v) is 3.16. The molecule has 0 heterocycles. The number of urea groups is 1. The van der Waals surface area contributed by atoms with Crippen molar-refractivity contribution >= 4 is 6.03 Å². The number of benzene rings is 1. The first kappa shape index (κ1) is 16.8. The van der Waals surface area contributed by atoms with Crippen LogP contribution in [-0.4, -0.2) is 24.3 Å². The molecule has 0 aliphatic heterocycles. The van der Waals surface area contributed by atoms with E-state index in [1.54, 1.807) is 0 Å². The minimum atomic E-state index is -0.125. The number of aliphatic hydroxyl groups is 1. The zero-order chi connectivity index (χ0) is 15.8. The highest BCUT2D eigenvalue weighted by Crippen LogP contribution is 2.22. The van der Waals surface area contributed by atoms with Gasteiger partial charge >= 0.3 is 6.03 Å². The van der Waals surface area contributed by atoms with Crippen molar-refractivity contribution < 1.29 is 9.90 Å². The quantitative estimate of drug-likeness (QED) is 0.691. The molecule has 0 saturated carbocycles. The van der Waals surface area contributed by atoms with Crippen LogP contribution in [0.1, 0.15) is 49.3 Å². The highest BCUT2D eigenvalue weighted by Gasteiger charge is 2.12. The Labute approximate surface area is 133 Å². The molecule has 0 bridgehead atoms. The average Bonchev–Trinajstić information content (AvgIpc) is 2.98. The summed E-state index contributed by atoms with van der Waals surface area (Å²) in [5, 5.41) is 14.9. The lowest BCUT2D eigenvalue weighted by atomic mass is 10.0. The molecule has 1 aliphatic rings. The molecule has 22 heavy (non-hydrogen) atoms. The summed E-state index contributed by atoms with van der Waals surface area (Å²) >= 11 is 0. The molecule has 0 radical (unpaired) electrons. The topological polar surface area (TPSA) is 61.4 Å². The van der Waals surface area contributed by atoms with E-state index in [9.17, 15) is 4.79 Å². The fourth-order valence-electron chi connectivity index (χ4n) is 3.16. The van der Waals surface area contributed by atoms with E-state index in [4.69, 9.17) is 5.11 Å². The van der Waals surface area contributed by atoms with Crippen molar-refractivity contribution in [2.45, 2.75) is 52.0 Å².